The van der Waals surface area contributed by atoms with Gasteiger partial charge in [0.2, 0.25) is 0 Å². The van der Waals surface area contributed by atoms with Crippen molar-refractivity contribution < 1.29 is 2.85 Å². The van der Waals surface area contributed by atoms with E-state index in [4.69, 9.17) is 2.85 Å². The van der Waals surface area contributed by atoms with Crippen molar-refractivity contribution in [1.29, 1.82) is 0 Å². The van der Waals surface area contributed by atoms with E-state index in [0.717, 1.165) is 28.5 Å². The van der Waals surface area contributed by atoms with Crippen molar-refractivity contribution in [1.82, 2.24) is 0 Å². The normalized spacial score (nSPS) is 15.9. The first-order chi connectivity index (χ1) is 3.50. The molecule has 1 nitrogen and oxygen atoms in total. The second-order valence-corrected chi connectivity index (χ2v) is 6.04. The van der Waals surface area contributed by atoms with Crippen molar-refractivity contribution >= 4 is 49.2 Å². The van der Waals surface area contributed by atoms with Gasteiger partial charge in [-0.25, -0.2) is 0 Å². The van der Waals surface area contributed by atoms with Crippen molar-refractivity contribution in [3.8, 4) is 0 Å². The molecule has 0 saturated heterocycles. The van der Waals surface area contributed by atoms with E-state index in [0.29, 0.717) is 0 Å². The average Bonchev–Trinajstić information content (AvgIpc) is 1.67. The molecule has 0 N–H and O–H groups in total. The zero-order valence-electron chi connectivity index (χ0n) is 5.64. The summed E-state index contributed by atoms with van der Waals surface area (Å²) in [6.07, 6.45) is 0. The summed E-state index contributed by atoms with van der Waals surface area (Å²) in [6, 6.07) is 0. The minimum absolute atomic E-state index is 0.157. The fraction of sp³-hybridized carbons (Fsp3) is 1.00. The summed E-state index contributed by atoms with van der Waals surface area (Å²) in [5, 5.41) is 0. The summed E-state index contributed by atoms with van der Waals surface area (Å²) in [4.78, 5) is 0. The molecule has 0 aliphatic heterocycles. The summed E-state index contributed by atoms with van der Waals surface area (Å²) < 4.78 is 6.11. The first-order valence-corrected chi connectivity index (χ1v) is 5.89. The molecule has 0 aromatic heterocycles. The Morgan fingerprint density at radius 2 is 1.88 bits per heavy atom. The van der Waals surface area contributed by atoms with Crippen LogP contribution in [0.4, 0.5) is 0 Å². The molecule has 0 aromatic rings. The molecule has 0 bridgehead atoms. The Bertz CT molecular complexity index is 70.8. The Morgan fingerprint density at radius 1 is 1.50 bits per heavy atom. The molecule has 1 unspecified atom stereocenters. The van der Waals surface area contributed by atoms with Crippen LogP contribution in [0, 0.1) is 0 Å². The quantitative estimate of drug-likeness (QED) is 0.734. The van der Waals surface area contributed by atoms with E-state index in [1.165, 1.54) is 24.4 Å². The summed E-state index contributed by atoms with van der Waals surface area (Å²) in [5.74, 6) is 0. The minimum atomic E-state index is 0.157. The Kier molecular flexibility index (Phi) is 4.57. The monoisotopic (exact) mass is 316 g/mol. The van der Waals surface area contributed by atoms with Gasteiger partial charge in [-0.3, -0.25) is 0 Å². The fourth-order valence-electron chi connectivity index (χ4n) is 0.107. The van der Waals surface area contributed by atoms with Crippen molar-refractivity contribution in [3.63, 3.8) is 0 Å². The molecule has 0 aliphatic carbocycles. The maximum absolute atomic E-state index is 5.36. The molecule has 0 aliphatic rings. The van der Waals surface area contributed by atoms with Crippen LogP contribution in [0.15, 0.2) is 0 Å². The second kappa shape index (κ2) is 3.77. The summed E-state index contributed by atoms with van der Waals surface area (Å²) in [6.45, 7) is 6.55. The predicted molar refractivity (Wildman–Crippen MR) is 36.1 cm³/mol. The second-order valence-electron chi connectivity index (χ2n) is 2.51. The van der Waals surface area contributed by atoms with Gasteiger partial charge in [-0.05, 0) is 0 Å². The molecule has 1 atom stereocenters. The fourth-order valence-corrected chi connectivity index (χ4v) is 2.22. The Morgan fingerprint density at radius 3 is 1.88 bits per heavy atom. The summed E-state index contributed by atoms with van der Waals surface area (Å²) in [7, 11) is 0. The van der Waals surface area contributed by atoms with Gasteiger partial charge in [0.25, 0.3) is 0 Å². The molecule has 8 heavy (non-hydrogen) atoms. The maximum atomic E-state index is 5.36. The molecule has 0 spiro atoms. The van der Waals surface area contributed by atoms with Crippen molar-refractivity contribution in [2.45, 2.75) is 30.0 Å². The predicted octanol–water partition coefficient (Wildman–Crippen LogP) is 0.842. The molecule has 0 fully saturated rings. The van der Waals surface area contributed by atoms with E-state index in [2.05, 4.69) is 20.8 Å². The van der Waals surface area contributed by atoms with Crippen molar-refractivity contribution in [2.75, 3.05) is 0 Å². The molecule has 42 valence electrons. The topological polar surface area (TPSA) is 9.23 Å². The van der Waals surface area contributed by atoms with Crippen LogP contribution in [0.3, 0.4) is 0 Å². The van der Waals surface area contributed by atoms with Crippen LogP contribution in [0.25, 0.3) is 0 Å². The van der Waals surface area contributed by atoms with E-state index in [9.17, 15) is 0 Å². The Hall–Kier alpha value is 1.70. The number of hydrogen-bond acceptors (Lipinski definition) is 1. The summed E-state index contributed by atoms with van der Waals surface area (Å²) >= 11 is 2.22. The third-order valence-corrected chi connectivity index (χ3v) is 5.43. The van der Waals surface area contributed by atoms with Crippen LogP contribution in [0.1, 0.15) is 20.8 Å². The number of hydrogen-bond donors (Lipinski definition) is 0. The molecular formula is C5H10In2O. The van der Waals surface area contributed by atoms with Crippen LogP contribution < -0.4 is 0 Å². The van der Waals surface area contributed by atoms with E-state index in [-0.39, 0.29) is 5.60 Å². The van der Waals surface area contributed by atoms with E-state index in [1.807, 2.05) is 0 Å². The van der Waals surface area contributed by atoms with Gasteiger partial charge in [0.05, 0.1) is 0 Å². The molecule has 0 rings (SSSR count). The van der Waals surface area contributed by atoms with Crippen LogP contribution in [0.5, 0.6) is 0 Å². The first kappa shape index (κ1) is 9.70. The zero-order valence-corrected chi connectivity index (χ0v) is 12.2. The van der Waals surface area contributed by atoms with Crippen LogP contribution in [0.2, 0.25) is 3.67 Å². The van der Waals surface area contributed by atoms with Gasteiger partial charge in [-0.15, -0.1) is 0 Å². The van der Waals surface area contributed by atoms with Crippen molar-refractivity contribution in [3.05, 3.63) is 0 Å². The molecule has 0 saturated carbocycles. The van der Waals surface area contributed by atoms with Gasteiger partial charge >= 0.3 is 82.1 Å². The Balaban J connectivity index is 3.71. The van der Waals surface area contributed by atoms with Gasteiger partial charge in [0, 0.05) is 0 Å². The van der Waals surface area contributed by atoms with Gasteiger partial charge in [-0.2, -0.15) is 0 Å². The average molecular weight is 316 g/mol. The standard InChI is InChI=1S/C5H10O.2In/c1-4-5(2,3)6;;/h4H,1-3H3;;/q-1;;+1. The van der Waals surface area contributed by atoms with Crippen LogP contribution >= 0.6 is 0 Å². The van der Waals surface area contributed by atoms with E-state index >= 15 is 0 Å². The van der Waals surface area contributed by atoms with Gasteiger partial charge in [0.15, 0.2) is 0 Å². The SMILES string of the molecule is C[CH]([In])C(C)(C)[O][In]. The molecule has 0 aromatic carbocycles. The van der Waals surface area contributed by atoms with Gasteiger partial charge in [0.1, 0.15) is 0 Å². The molecule has 3 heteroatoms. The van der Waals surface area contributed by atoms with E-state index < -0.39 is 0 Å². The molecule has 0 amide bonds. The molecular weight excluding hydrogens is 306 g/mol. The Labute approximate surface area is 81.3 Å². The third kappa shape index (κ3) is 3.02. The van der Waals surface area contributed by atoms with Crippen LogP contribution in [-0.2, 0) is 2.85 Å². The molecule has 0 heterocycles. The molecule has 4 radical (unpaired) electrons. The van der Waals surface area contributed by atoms with Crippen LogP contribution in [-0.4, -0.2) is 54.8 Å². The van der Waals surface area contributed by atoms with Gasteiger partial charge in [-0.1, -0.05) is 0 Å². The zero-order chi connectivity index (χ0) is 6.78. The number of rotatable bonds is 2. The van der Waals surface area contributed by atoms with Crippen molar-refractivity contribution in [2.24, 2.45) is 0 Å². The van der Waals surface area contributed by atoms with E-state index in [1.54, 1.807) is 0 Å². The first-order valence-electron chi connectivity index (χ1n) is 2.64. The summed E-state index contributed by atoms with van der Waals surface area (Å²) in [5.41, 5.74) is 0.157. The third-order valence-electron chi connectivity index (χ3n) is 1.40. The van der Waals surface area contributed by atoms with Gasteiger partial charge < -0.3 is 0 Å².